The third kappa shape index (κ3) is 2.61. The van der Waals surface area contributed by atoms with Crippen LogP contribution in [0.2, 0.25) is 0 Å². The molecule has 1 heteroatoms. The molecule has 1 unspecified atom stereocenters. The lowest BCUT2D eigenvalue weighted by molar-refractivity contribution is 0.190. The number of rotatable bonds is 4. The Hall–Kier alpha value is -1.72. The van der Waals surface area contributed by atoms with Crippen molar-refractivity contribution in [2.24, 2.45) is 0 Å². The molecule has 0 saturated heterocycles. The maximum atomic E-state index is 5.44. The van der Waals surface area contributed by atoms with E-state index in [1.807, 2.05) is 6.07 Å². The van der Waals surface area contributed by atoms with E-state index in [0.29, 0.717) is 0 Å². The van der Waals surface area contributed by atoms with Gasteiger partial charge in [0.25, 0.3) is 0 Å². The quantitative estimate of drug-likeness (QED) is 0.530. The molecule has 1 rings (SSSR count). The van der Waals surface area contributed by atoms with E-state index in [1.165, 1.54) is 17.4 Å². The average molecular weight is 200 g/mol. The number of ether oxygens (including phenoxy) is 1. The van der Waals surface area contributed by atoms with Crippen molar-refractivity contribution >= 4 is 0 Å². The van der Waals surface area contributed by atoms with Crippen LogP contribution in [0.5, 0.6) is 0 Å². The Morgan fingerprint density at radius 2 is 1.93 bits per heavy atom. The average Bonchev–Trinajstić information content (AvgIpc) is 2.18. The van der Waals surface area contributed by atoms with Crippen LogP contribution in [0.1, 0.15) is 22.8 Å². The number of benzene rings is 1. The maximum Gasteiger partial charge on any atom is 0.149 e. The molecule has 1 atom stereocenters. The fourth-order valence-corrected chi connectivity index (χ4v) is 1.68. The highest BCUT2D eigenvalue weighted by Crippen LogP contribution is 2.25. The summed E-state index contributed by atoms with van der Waals surface area (Å²) < 4.78 is 5.44. The topological polar surface area (TPSA) is 9.23 Å². The summed E-state index contributed by atoms with van der Waals surface area (Å²) in [5, 5.41) is 0. The third-order valence-corrected chi connectivity index (χ3v) is 2.34. The molecule has 0 radical (unpaired) electrons. The predicted molar refractivity (Wildman–Crippen MR) is 63.6 cm³/mol. The van der Waals surface area contributed by atoms with E-state index in [-0.39, 0.29) is 6.10 Å². The molecule has 0 N–H and O–H groups in total. The van der Waals surface area contributed by atoms with E-state index in [4.69, 9.17) is 4.74 Å². The van der Waals surface area contributed by atoms with E-state index in [1.54, 1.807) is 6.08 Å². The molecule has 1 nitrogen and oxygen atoms in total. The third-order valence-electron chi connectivity index (χ3n) is 2.34. The summed E-state index contributed by atoms with van der Waals surface area (Å²) in [6, 6.07) is 6.17. The van der Waals surface area contributed by atoms with Crippen LogP contribution in [0, 0.1) is 13.8 Å². The van der Waals surface area contributed by atoms with Gasteiger partial charge in [-0.25, -0.2) is 0 Å². The minimum absolute atomic E-state index is 0.138. The van der Waals surface area contributed by atoms with E-state index in [9.17, 15) is 0 Å². The summed E-state index contributed by atoms with van der Waals surface area (Å²) in [5.74, 6) is 0. The summed E-state index contributed by atoms with van der Waals surface area (Å²) in [5.41, 5.74) is 6.32. The SMILES string of the molecule is C=C=CC(OC=C)c1c(C)cccc1C. The maximum absolute atomic E-state index is 5.44. The van der Waals surface area contributed by atoms with Crippen molar-refractivity contribution in [2.75, 3.05) is 0 Å². The minimum Gasteiger partial charge on any atom is -0.489 e. The van der Waals surface area contributed by atoms with Crippen molar-refractivity contribution in [1.82, 2.24) is 0 Å². The second-order valence-electron chi connectivity index (χ2n) is 3.40. The van der Waals surface area contributed by atoms with Crippen molar-refractivity contribution in [3.63, 3.8) is 0 Å². The predicted octanol–water partition coefficient (Wildman–Crippen LogP) is 3.85. The molecule has 78 valence electrons. The molecule has 1 aromatic carbocycles. The van der Waals surface area contributed by atoms with Gasteiger partial charge in [-0.2, -0.15) is 0 Å². The first kappa shape index (κ1) is 11.4. The van der Waals surface area contributed by atoms with Gasteiger partial charge >= 0.3 is 0 Å². The molecule has 0 amide bonds. The lowest BCUT2D eigenvalue weighted by atomic mass is 9.98. The molecule has 0 heterocycles. The van der Waals surface area contributed by atoms with E-state index in [0.717, 1.165) is 5.56 Å². The van der Waals surface area contributed by atoms with Gasteiger partial charge in [0, 0.05) is 11.6 Å². The minimum atomic E-state index is -0.138. The summed E-state index contributed by atoms with van der Waals surface area (Å²) in [4.78, 5) is 0. The Bertz CT molecular complexity index is 378. The van der Waals surface area contributed by atoms with Crippen LogP contribution in [0.3, 0.4) is 0 Å². The molecule has 0 aliphatic heterocycles. The molecule has 15 heavy (non-hydrogen) atoms. The number of hydrogen-bond acceptors (Lipinski definition) is 1. The highest BCUT2D eigenvalue weighted by molar-refractivity contribution is 5.37. The molecule has 0 aliphatic carbocycles. The van der Waals surface area contributed by atoms with Crippen LogP contribution >= 0.6 is 0 Å². The van der Waals surface area contributed by atoms with Crippen molar-refractivity contribution in [2.45, 2.75) is 20.0 Å². The van der Waals surface area contributed by atoms with Gasteiger partial charge in [-0.3, -0.25) is 0 Å². The molecule has 0 spiro atoms. The Balaban J connectivity index is 3.20. The fourth-order valence-electron chi connectivity index (χ4n) is 1.68. The second kappa shape index (κ2) is 5.23. The lowest BCUT2D eigenvalue weighted by Crippen LogP contribution is -2.02. The standard InChI is InChI=1S/C14H16O/c1-5-8-13(15-6-2)14-11(3)9-7-10-12(14)4/h6-10,13H,1-2H2,3-4H3. The molecule has 0 aliphatic rings. The van der Waals surface area contributed by atoms with Crippen LogP contribution in [0.25, 0.3) is 0 Å². The Labute approximate surface area is 91.4 Å². The summed E-state index contributed by atoms with van der Waals surface area (Å²) in [6.07, 6.45) is 3.11. The second-order valence-corrected chi connectivity index (χ2v) is 3.40. The van der Waals surface area contributed by atoms with Gasteiger partial charge in [-0.15, -0.1) is 5.73 Å². The van der Waals surface area contributed by atoms with Crippen molar-refractivity contribution in [3.05, 3.63) is 66.1 Å². The zero-order valence-electron chi connectivity index (χ0n) is 9.29. The molecular weight excluding hydrogens is 184 g/mol. The molecule has 1 aromatic rings. The van der Waals surface area contributed by atoms with E-state index < -0.39 is 0 Å². The van der Waals surface area contributed by atoms with Gasteiger partial charge in [-0.1, -0.05) is 31.4 Å². The fraction of sp³-hybridized carbons (Fsp3) is 0.214. The smallest absolute Gasteiger partial charge is 0.149 e. The van der Waals surface area contributed by atoms with E-state index in [2.05, 4.69) is 44.9 Å². The van der Waals surface area contributed by atoms with Gasteiger partial charge in [0.2, 0.25) is 0 Å². The molecule has 0 bridgehead atoms. The lowest BCUT2D eigenvalue weighted by Gasteiger charge is -2.17. The molecule has 0 aromatic heterocycles. The highest BCUT2D eigenvalue weighted by Gasteiger charge is 2.12. The van der Waals surface area contributed by atoms with E-state index >= 15 is 0 Å². The van der Waals surface area contributed by atoms with Gasteiger partial charge in [0.1, 0.15) is 6.10 Å². The molecule has 0 saturated carbocycles. The first-order valence-electron chi connectivity index (χ1n) is 4.89. The first-order valence-corrected chi connectivity index (χ1v) is 4.89. The van der Waals surface area contributed by atoms with Gasteiger partial charge < -0.3 is 4.74 Å². The number of aryl methyl sites for hydroxylation is 2. The largest absolute Gasteiger partial charge is 0.489 e. The van der Waals surface area contributed by atoms with Crippen LogP contribution in [-0.2, 0) is 4.74 Å². The van der Waals surface area contributed by atoms with Crippen molar-refractivity contribution in [1.29, 1.82) is 0 Å². The molecular formula is C14H16O. The van der Waals surface area contributed by atoms with Crippen LogP contribution < -0.4 is 0 Å². The van der Waals surface area contributed by atoms with Crippen molar-refractivity contribution < 1.29 is 4.74 Å². The Kier molecular flexibility index (Phi) is 3.96. The van der Waals surface area contributed by atoms with Gasteiger partial charge in [-0.05, 0) is 25.0 Å². The van der Waals surface area contributed by atoms with Crippen LogP contribution in [0.15, 0.2) is 49.4 Å². The summed E-state index contributed by atoms with van der Waals surface area (Å²) in [7, 11) is 0. The Morgan fingerprint density at radius 3 is 2.40 bits per heavy atom. The van der Waals surface area contributed by atoms with Crippen LogP contribution in [-0.4, -0.2) is 0 Å². The molecule has 0 fully saturated rings. The number of hydrogen-bond donors (Lipinski definition) is 0. The first-order chi connectivity index (χ1) is 7.20. The monoisotopic (exact) mass is 200 g/mol. The van der Waals surface area contributed by atoms with Gasteiger partial charge in [0.15, 0.2) is 0 Å². The van der Waals surface area contributed by atoms with Gasteiger partial charge in [0.05, 0.1) is 6.26 Å². The Morgan fingerprint density at radius 1 is 1.33 bits per heavy atom. The summed E-state index contributed by atoms with van der Waals surface area (Å²) in [6.45, 7) is 11.3. The summed E-state index contributed by atoms with van der Waals surface area (Å²) >= 11 is 0. The van der Waals surface area contributed by atoms with Crippen LogP contribution in [0.4, 0.5) is 0 Å². The zero-order chi connectivity index (χ0) is 11.3. The highest BCUT2D eigenvalue weighted by atomic mass is 16.5. The zero-order valence-corrected chi connectivity index (χ0v) is 9.29. The van der Waals surface area contributed by atoms with Crippen molar-refractivity contribution in [3.8, 4) is 0 Å². The normalized spacial score (nSPS) is 11.3.